The zero-order chi connectivity index (χ0) is 23.0. The summed E-state index contributed by atoms with van der Waals surface area (Å²) in [5.74, 6) is -1.88. The van der Waals surface area contributed by atoms with Gasteiger partial charge in [0.05, 0.1) is 12.5 Å². The van der Waals surface area contributed by atoms with E-state index >= 15 is 0 Å². The number of benzene rings is 3. The second kappa shape index (κ2) is 10.9. The van der Waals surface area contributed by atoms with E-state index in [1.165, 1.54) is 10.5 Å². The van der Waals surface area contributed by atoms with Crippen LogP contribution in [0.5, 0.6) is 0 Å². The molecule has 0 aromatic heterocycles. The molecule has 2 atom stereocenters. The second-order valence-electron chi connectivity index (χ2n) is 8.45. The van der Waals surface area contributed by atoms with Gasteiger partial charge < -0.3 is 14.7 Å². The average Bonchev–Trinajstić information content (AvgIpc) is 2.82. The molecule has 0 bridgehead atoms. The third kappa shape index (κ3) is 5.49. The molecule has 5 nitrogen and oxygen atoms in total. The minimum atomic E-state index is -0.979. The van der Waals surface area contributed by atoms with Gasteiger partial charge in [0, 0.05) is 19.1 Å². The quantitative estimate of drug-likeness (QED) is 0.472. The molecule has 1 fully saturated rings. The van der Waals surface area contributed by atoms with E-state index in [-0.39, 0.29) is 11.8 Å². The molecule has 4 rings (SSSR count). The Morgan fingerprint density at radius 3 is 1.97 bits per heavy atom. The fourth-order valence-electron chi connectivity index (χ4n) is 4.48. The van der Waals surface area contributed by atoms with Crippen molar-refractivity contribution < 1.29 is 19.4 Å². The van der Waals surface area contributed by atoms with Gasteiger partial charge in [-0.2, -0.15) is 0 Å². The first kappa shape index (κ1) is 22.7. The van der Waals surface area contributed by atoms with E-state index in [1.54, 1.807) is 0 Å². The maximum absolute atomic E-state index is 13.5. The predicted octanol–water partition coefficient (Wildman–Crippen LogP) is 4.38. The number of carboxylic acid groups (broad SMARTS) is 1. The van der Waals surface area contributed by atoms with Crippen LogP contribution in [-0.2, 0) is 20.7 Å². The zero-order valence-electron chi connectivity index (χ0n) is 18.5. The van der Waals surface area contributed by atoms with Gasteiger partial charge in [-0.05, 0) is 29.5 Å². The summed E-state index contributed by atoms with van der Waals surface area (Å²) >= 11 is 0. The molecule has 33 heavy (non-hydrogen) atoms. The highest BCUT2D eigenvalue weighted by Crippen LogP contribution is 2.33. The smallest absolute Gasteiger partial charge is 0.326 e. The number of carboxylic acids is 1. The van der Waals surface area contributed by atoms with Gasteiger partial charge in [-0.3, -0.25) is 4.79 Å². The molecule has 1 N–H and O–H groups in total. The summed E-state index contributed by atoms with van der Waals surface area (Å²) in [5, 5.41) is 9.85. The lowest BCUT2D eigenvalue weighted by Gasteiger charge is -2.46. The Hall–Kier alpha value is -3.44. The highest BCUT2D eigenvalue weighted by molar-refractivity contribution is 5.92. The number of likely N-dealkylation sites (tertiary alicyclic amines) is 1. The molecule has 1 amide bonds. The zero-order valence-corrected chi connectivity index (χ0v) is 18.5. The monoisotopic (exact) mass is 443 g/mol. The van der Waals surface area contributed by atoms with E-state index in [2.05, 4.69) is 12.1 Å². The Bertz CT molecular complexity index is 1000. The molecule has 0 spiro atoms. The summed E-state index contributed by atoms with van der Waals surface area (Å²) in [7, 11) is 0. The van der Waals surface area contributed by atoms with Crippen LogP contribution in [0.1, 0.15) is 29.0 Å². The van der Waals surface area contributed by atoms with Crippen LogP contribution in [-0.4, -0.2) is 47.7 Å². The molecule has 0 unspecified atom stereocenters. The van der Waals surface area contributed by atoms with Crippen LogP contribution in [0.4, 0.5) is 0 Å². The van der Waals surface area contributed by atoms with E-state index in [1.807, 2.05) is 78.9 Å². The van der Waals surface area contributed by atoms with Crippen LogP contribution < -0.4 is 0 Å². The second-order valence-corrected chi connectivity index (χ2v) is 8.45. The molecular formula is C28H29NO4. The largest absolute Gasteiger partial charge is 0.480 e. The van der Waals surface area contributed by atoms with Crippen molar-refractivity contribution in [3.63, 3.8) is 0 Å². The summed E-state index contributed by atoms with van der Waals surface area (Å²) < 4.78 is 5.80. The summed E-state index contributed by atoms with van der Waals surface area (Å²) in [4.78, 5) is 27.1. The van der Waals surface area contributed by atoms with Crippen LogP contribution in [0.3, 0.4) is 0 Å². The number of nitrogens with zero attached hydrogens (tertiary/aromatic N) is 1. The van der Waals surface area contributed by atoms with Crippen LogP contribution in [0.2, 0.25) is 0 Å². The lowest BCUT2D eigenvalue weighted by Crippen LogP contribution is -2.64. The Balaban J connectivity index is 1.37. The van der Waals surface area contributed by atoms with E-state index in [0.29, 0.717) is 19.8 Å². The summed E-state index contributed by atoms with van der Waals surface area (Å²) in [6.07, 6.45) is 1.80. The third-order valence-corrected chi connectivity index (χ3v) is 6.19. The molecule has 3 aromatic rings. The molecule has 1 aliphatic heterocycles. The Morgan fingerprint density at radius 1 is 0.879 bits per heavy atom. The molecular weight excluding hydrogens is 414 g/mol. The molecule has 1 heterocycles. The first-order valence-corrected chi connectivity index (χ1v) is 11.4. The van der Waals surface area contributed by atoms with Crippen molar-refractivity contribution >= 4 is 11.9 Å². The fraction of sp³-hybridized carbons (Fsp3) is 0.286. The normalized spacial score (nSPS) is 17.5. The molecule has 1 aliphatic rings. The van der Waals surface area contributed by atoms with Gasteiger partial charge in [0.2, 0.25) is 5.91 Å². The lowest BCUT2D eigenvalue weighted by molar-refractivity contribution is -0.167. The van der Waals surface area contributed by atoms with Crippen LogP contribution in [0.25, 0.3) is 0 Å². The predicted molar refractivity (Wildman–Crippen MR) is 127 cm³/mol. The van der Waals surface area contributed by atoms with Crippen LogP contribution in [0.15, 0.2) is 91.0 Å². The average molecular weight is 444 g/mol. The molecule has 0 radical (unpaired) electrons. The number of aryl methyl sites for hydroxylation is 1. The molecule has 0 aliphatic carbocycles. The molecule has 0 saturated carbocycles. The minimum Gasteiger partial charge on any atom is -0.480 e. The number of carbonyl (C=O) groups is 2. The SMILES string of the molecule is O=C(O)[C@@H]1[C@@H](COCCCc2ccccc2)CN1C(=O)C(c1ccccc1)c1ccccc1. The van der Waals surface area contributed by atoms with Crippen molar-refractivity contribution in [2.45, 2.75) is 24.8 Å². The van der Waals surface area contributed by atoms with E-state index in [0.717, 1.165) is 24.0 Å². The van der Waals surface area contributed by atoms with Gasteiger partial charge in [0.1, 0.15) is 6.04 Å². The van der Waals surface area contributed by atoms with Crippen molar-refractivity contribution in [2.75, 3.05) is 19.8 Å². The van der Waals surface area contributed by atoms with Crippen LogP contribution >= 0.6 is 0 Å². The molecule has 1 saturated heterocycles. The minimum absolute atomic E-state index is 0.180. The van der Waals surface area contributed by atoms with Crippen molar-refractivity contribution in [3.05, 3.63) is 108 Å². The summed E-state index contributed by atoms with van der Waals surface area (Å²) in [6, 6.07) is 28.4. The lowest BCUT2D eigenvalue weighted by atomic mass is 9.84. The third-order valence-electron chi connectivity index (χ3n) is 6.19. The maximum atomic E-state index is 13.5. The van der Waals surface area contributed by atoms with Gasteiger partial charge >= 0.3 is 5.97 Å². The first-order chi connectivity index (χ1) is 16.1. The number of ether oxygens (including phenoxy) is 1. The molecule has 5 heteroatoms. The maximum Gasteiger partial charge on any atom is 0.326 e. The van der Waals surface area contributed by atoms with E-state index in [9.17, 15) is 14.7 Å². The number of hydrogen-bond acceptors (Lipinski definition) is 3. The number of amides is 1. The fourth-order valence-corrected chi connectivity index (χ4v) is 4.48. The van der Waals surface area contributed by atoms with Gasteiger partial charge in [-0.1, -0.05) is 91.0 Å². The number of rotatable bonds is 10. The standard InChI is InChI=1S/C28H29NO4/c30-27(25(22-14-6-2-7-15-22)23-16-8-3-9-17-23)29-19-24(26(29)28(31)32)20-33-18-10-13-21-11-4-1-5-12-21/h1-9,11-12,14-17,24-26H,10,13,18-20H2,(H,31,32)/t24-,26+/m1/s1. The summed E-state index contributed by atoms with van der Waals surface area (Å²) in [6.45, 7) is 1.31. The van der Waals surface area contributed by atoms with Crippen molar-refractivity contribution in [3.8, 4) is 0 Å². The summed E-state index contributed by atoms with van der Waals surface area (Å²) in [5.41, 5.74) is 2.98. The highest BCUT2D eigenvalue weighted by atomic mass is 16.5. The van der Waals surface area contributed by atoms with E-state index in [4.69, 9.17) is 4.74 Å². The van der Waals surface area contributed by atoms with Gasteiger partial charge in [0.25, 0.3) is 0 Å². The molecule has 170 valence electrons. The van der Waals surface area contributed by atoms with Crippen LogP contribution in [0, 0.1) is 5.92 Å². The Labute approximate surface area is 194 Å². The molecule has 3 aromatic carbocycles. The van der Waals surface area contributed by atoms with Gasteiger partial charge in [-0.15, -0.1) is 0 Å². The Kier molecular flexibility index (Phi) is 7.53. The van der Waals surface area contributed by atoms with E-state index < -0.39 is 17.9 Å². The Morgan fingerprint density at radius 2 is 1.42 bits per heavy atom. The van der Waals surface area contributed by atoms with Crippen molar-refractivity contribution in [2.24, 2.45) is 5.92 Å². The van der Waals surface area contributed by atoms with Gasteiger partial charge in [-0.25, -0.2) is 4.79 Å². The topological polar surface area (TPSA) is 66.8 Å². The number of aliphatic carboxylic acids is 1. The first-order valence-electron chi connectivity index (χ1n) is 11.4. The van der Waals surface area contributed by atoms with Crippen molar-refractivity contribution in [1.82, 2.24) is 4.90 Å². The number of carbonyl (C=O) groups excluding carboxylic acids is 1. The van der Waals surface area contributed by atoms with Gasteiger partial charge in [0.15, 0.2) is 0 Å². The highest BCUT2D eigenvalue weighted by Gasteiger charge is 2.48. The number of hydrogen-bond donors (Lipinski definition) is 1. The van der Waals surface area contributed by atoms with Crippen molar-refractivity contribution in [1.29, 1.82) is 0 Å².